The van der Waals surface area contributed by atoms with E-state index in [0.717, 1.165) is 32.7 Å². The zero-order valence-electron chi connectivity index (χ0n) is 73.2. The average molecular weight is 1860 g/mol. The Hall–Kier alpha value is -13.0. The number of rotatable bonds is 34. The number of aliphatic carboxylic acids is 1. The highest BCUT2D eigenvalue weighted by atomic mass is 35.5. The first-order valence-electron chi connectivity index (χ1n) is 41.0. The fourth-order valence-electron chi connectivity index (χ4n) is 14.1. The Bertz CT molecular complexity index is 5720. The molecule has 0 aliphatic carbocycles. The highest BCUT2D eigenvalue weighted by Gasteiger charge is 2.48. The van der Waals surface area contributed by atoms with E-state index in [0.29, 0.717) is 22.6 Å². The number of Topliss-reactive ketones (excluding diaryl/α,β-unsaturated/α-hetero) is 1. The van der Waals surface area contributed by atoms with E-state index in [-0.39, 0.29) is 126 Å². The quantitative estimate of drug-likeness (QED) is 0.00803. The SMILES string of the molecule is C.C#CCOc1ccc(C[C@H](CC(=O)[C@H](Cc2ccc3ccccc3c2)NC(=O)[C@@H]2C[C@H](N=[N+]=[N-])CN2C(=O)[C@@H](NC(=O)C(C)C)C(C)(C)C)C(=O)NS(=O)(=O)c2ccccc2)cc1.C#CCOc1ccc(C[C@H](N)C(=O)NS(=O)(=O)c2ccccc2)cc1.CC(C)C(=O)N[C@H](C(=O)N1C[C@@H](N=[N+]=[N-])C[C@H]1C(=O)N[C@@H](Cc1ccc2ccccc2c1)C(=O)O)C(C)(C)C.Cl.S. The standard InChI is InChI=1S/C47H53N7O8S.C28H36N6O5.C18H18N2O4S.CH4.ClH.H2S/c1-7-23-62-37-21-18-31(19-22-37)24-35(44(57)52-63(60,61)38-15-9-8-10-16-38)27-41(55)39(26-32-17-20-33-13-11-12-14-34(33)25-32)49-45(58)40-28-36(51-53-48)29-54(40)46(59)42(47(4,5)6)50-43(56)30(2)3;1-16(2)24(35)31-23(28(3,4)5)26(37)34-15-20(32-33-29)14-22(34)25(36)30-21(27(38)39)13-17-10-11-18-8-6-7-9-19(18)12-17;1-2-12-24-15-10-8-14(9-11-15)13-17(19)18(21)20-25(22,23)16-6-4-3-5-7-16;;;/h1,8-22,25,30,35-36,39-40,42H,23-24,26-29H2,2-6H3,(H,49,58)(H,50,56)(H,52,57);6-12,16,20-23H,13-15H2,1-5H3,(H,30,36)(H,31,35)(H,38,39);1,3-11,17H,12-13,19H2,(H,20,21);1H4;1H;1H2/t35-,36+,39+,40+,42-;20-,21-,22-,23+;17-;;;/m100.../s1. The maximum absolute atomic E-state index is 14.7. The number of hydrogen-bond acceptors (Lipinski definition) is 19. The first-order valence-corrected chi connectivity index (χ1v) is 44.0. The number of fused-ring (bicyclic) bond motifs is 2. The Labute approximate surface area is 771 Å². The highest BCUT2D eigenvalue weighted by molar-refractivity contribution is 7.90. The van der Waals surface area contributed by atoms with E-state index in [1.807, 2.05) is 89.7 Å². The van der Waals surface area contributed by atoms with Crippen LogP contribution in [-0.2, 0) is 93.7 Å². The van der Waals surface area contributed by atoms with Gasteiger partial charge in [0, 0.05) is 53.5 Å². The molecule has 0 radical (unpaired) electrons. The molecule has 130 heavy (non-hydrogen) atoms. The maximum atomic E-state index is 14.7. The van der Waals surface area contributed by atoms with Crippen LogP contribution in [0.5, 0.6) is 11.5 Å². The second kappa shape index (κ2) is 49.5. The van der Waals surface area contributed by atoms with Gasteiger partial charge in [-0.2, -0.15) is 13.5 Å². The smallest absolute Gasteiger partial charge is 0.326 e. The van der Waals surface area contributed by atoms with Crippen molar-refractivity contribution < 1.29 is 79.4 Å². The zero-order chi connectivity index (χ0) is 93.1. The van der Waals surface area contributed by atoms with Crippen LogP contribution in [0.3, 0.4) is 0 Å². The van der Waals surface area contributed by atoms with Crippen molar-refractivity contribution in [2.24, 2.45) is 44.5 Å². The summed E-state index contributed by atoms with van der Waals surface area (Å²) in [6, 6.07) is 45.8. The predicted octanol–water partition coefficient (Wildman–Crippen LogP) is 11.3. The summed E-state index contributed by atoms with van der Waals surface area (Å²) in [5, 5.41) is 32.3. The van der Waals surface area contributed by atoms with Gasteiger partial charge in [0.05, 0.1) is 34.0 Å². The van der Waals surface area contributed by atoms with Crippen molar-refractivity contribution in [3.05, 3.63) is 237 Å². The van der Waals surface area contributed by atoms with E-state index >= 15 is 0 Å². The normalized spacial score (nSPS) is 15.9. The van der Waals surface area contributed by atoms with Crippen LogP contribution in [0, 0.1) is 53.3 Å². The topological polar surface area (TPSA) is 480 Å². The van der Waals surface area contributed by atoms with Gasteiger partial charge < -0.3 is 51.4 Å². The molecular formula is C94H114ClN15O17S3. The number of carboxylic acid groups (broad SMARTS) is 1. The first kappa shape index (κ1) is 108. The van der Waals surface area contributed by atoms with Gasteiger partial charge in [0.15, 0.2) is 5.78 Å². The van der Waals surface area contributed by atoms with Crippen molar-refractivity contribution in [1.29, 1.82) is 0 Å². The van der Waals surface area contributed by atoms with Gasteiger partial charge in [-0.05, 0) is 146 Å². The third-order valence-corrected chi connectivity index (χ3v) is 23.7. The number of sulfonamides is 2. The number of nitrogens with zero attached hydrogens (tertiary/aromatic N) is 8. The molecule has 0 aromatic heterocycles. The number of azide groups is 2. The van der Waals surface area contributed by atoms with E-state index < -0.39 is 151 Å². The summed E-state index contributed by atoms with van der Waals surface area (Å²) in [7, 11) is -8.27. The molecule has 9 N–H and O–H groups in total. The zero-order valence-corrected chi connectivity index (χ0v) is 76.6. The third kappa shape index (κ3) is 31.2. The number of carbonyl (C=O) groups is 10. The molecule has 8 aromatic rings. The third-order valence-electron chi connectivity index (χ3n) is 21.0. The summed E-state index contributed by atoms with van der Waals surface area (Å²) in [6.45, 7) is 17.6. The molecule has 2 aliphatic rings. The fraction of sp³-hybridized carbons (Fsp3) is 0.383. The summed E-state index contributed by atoms with van der Waals surface area (Å²) in [4.78, 5) is 143. The monoisotopic (exact) mass is 1860 g/mol. The molecule has 692 valence electrons. The highest BCUT2D eigenvalue weighted by Crippen LogP contribution is 2.32. The van der Waals surface area contributed by atoms with Crippen molar-refractivity contribution >= 4 is 127 Å². The van der Waals surface area contributed by atoms with Crippen LogP contribution in [0.1, 0.15) is 118 Å². The lowest BCUT2D eigenvalue weighted by molar-refractivity contribution is -0.146. The van der Waals surface area contributed by atoms with Gasteiger partial charge in [0.1, 0.15) is 54.9 Å². The van der Waals surface area contributed by atoms with E-state index in [2.05, 4.69) is 57.9 Å². The summed E-state index contributed by atoms with van der Waals surface area (Å²) in [5.41, 5.74) is 25.4. The lowest BCUT2D eigenvalue weighted by Crippen LogP contribution is -2.59. The number of carboxylic acids is 1. The number of hydrogen-bond donors (Lipinski definition) is 8. The molecule has 0 bridgehead atoms. The number of amides is 8. The molecule has 2 fully saturated rings. The Morgan fingerprint density at radius 3 is 1.22 bits per heavy atom. The van der Waals surface area contributed by atoms with E-state index in [4.69, 9.17) is 33.6 Å². The molecule has 0 spiro atoms. The number of halogens is 1. The van der Waals surface area contributed by atoms with Gasteiger partial charge in [-0.1, -0.05) is 244 Å². The molecule has 10 rings (SSSR count). The number of ether oxygens (including phenoxy) is 2. The van der Waals surface area contributed by atoms with Crippen LogP contribution >= 0.6 is 25.9 Å². The number of terminal acetylenes is 2. The summed E-state index contributed by atoms with van der Waals surface area (Å²) in [6.07, 6.45) is 10.1. The Morgan fingerprint density at radius 2 is 0.854 bits per heavy atom. The summed E-state index contributed by atoms with van der Waals surface area (Å²) < 4.78 is 65.9. The van der Waals surface area contributed by atoms with Crippen LogP contribution < -0.4 is 45.9 Å². The molecule has 10 atom stereocenters. The van der Waals surface area contributed by atoms with Crippen molar-refractivity contribution in [2.75, 3.05) is 26.3 Å². The number of nitrogens with two attached hydrogens (primary N) is 1. The lowest BCUT2D eigenvalue weighted by atomic mass is 9.85. The molecule has 0 unspecified atom stereocenters. The van der Waals surface area contributed by atoms with E-state index in [9.17, 15) is 75.4 Å². The largest absolute Gasteiger partial charge is 0.481 e. The van der Waals surface area contributed by atoms with Crippen LogP contribution in [0.4, 0.5) is 0 Å². The van der Waals surface area contributed by atoms with Gasteiger partial charge in [-0.25, -0.2) is 31.1 Å². The number of nitrogens with one attached hydrogen (secondary N) is 6. The van der Waals surface area contributed by atoms with Gasteiger partial charge in [-0.3, -0.25) is 43.2 Å². The maximum Gasteiger partial charge on any atom is 0.326 e. The van der Waals surface area contributed by atoms with E-state index in [1.165, 1.54) is 46.2 Å². The van der Waals surface area contributed by atoms with Crippen LogP contribution in [0.15, 0.2) is 214 Å². The van der Waals surface area contributed by atoms with Crippen LogP contribution in [0.2, 0.25) is 0 Å². The van der Waals surface area contributed by atoms with Crippen LogP contribution in [0.25, 0.3) is 42.4 Å². The average Bonchev–Trinajstić information content (AvgIpc) is 1.68. The van der Waals surface area contributed by atoms with Crippen molar-refractivity contribution in [3.63, 3.8) is 0 Å². The minimum atomic E-state index is -4.34. The number of ketones is 1. The van der Waals surface area contributed by atoms with Gasteiger partial charge >= 0.3 is 5.97 Å². The molecule has 32 nitrogen and oxygen atoms in total. The van der Waals surface area contributed by atoms with Crippen LogP contribution in [-0.4, -0.2) is 171 Å². The second-order valence-corrected chi connectivity index (χ2v) is 36.9. The number of benzene rings is 8. The van der Waals surface area contributed by atoms with Gasteiger partial charge in [-0.15, -0.1) is 25.3 Å². The Kier molecular flexibility index (Phi) is 41.0. The van der Waals surface area contributed by atoms with Gasteiger partial charge in [0.2, 0.25) is 41.4 Å². The molecule has 8 amide bonds. The number of likely N-dealkylation sites (tertiary alicyclic amines) is 2. The van der Waals surface area contributed by atoms with Crippen molar-refractivity contribution in [2.45, 2.75) is 186 Å². The minimum absolute atomic E-state index is 0. The minimum Gasteiger partial charge on any atom is -0.481 e. The summed E-state index contributed by atoms with van der Waals surface area (Å²) in [5.74, 6) is -2.79. The molecule has 36 heteroatoms. The molecule has 2 aliphatic heterocycles. The van der Waals surface area contributed by atoms with Gasteiger partial charge in [0.25, 0.3) is 26.0 Å². The summed E-state index contributed by atoms with van der Waals surface area (Å²) >= 11 is 0. The Morgan fingerprint density at radius 1 is 0.500 bits per heavy atom. The van der Waals surface area contributed by atoms with Crippen molar-refractivity contribution in [1.82, 2.24) is 40.5 Å². The van der Waals surface area contributed by atoms with E-state index in [1.54, 1.807) is 142 Å². The number of carbonyl (C=O) groups excluding carboxylic acids is 9. The molecule has 8 aromatic carbocycles. The fourth-order valence-corrected chi connectivity index (χ4v) is 16.2. The molecule has 2 saturated heterocycles. The Balaban J connectivity index is 0.000000379. The predicted molar refractivity (Wildman–Crippen MR) is 503 cm³/mol. The lowest BCUT2D eigenvalue weighted by Gasteiger charge is -2.36. The first-order chi connectivity index (χ1) is 60.1. The molecule has 0 saturated carbocycles. The van der Waals surface area contributed by atoms with Crippen molar-refractivity contribution in [3.8, 4) is 36.2 Å². The molecule has 2 heterocycles. The second-order valence-electron chi connectivity index (χ2n) is 33.6. The molecular weight excluding hydrogens is 1740 g/mol.